The van der Waals surface area contributed by atoms with Crippen LogP contribution in [0, 0.1) is 0 Å². The lowest BCUT2D eigenvalue weighted by Gasteiger charge is -2.41. The third-order valence-corrected chi connectivity index (χ3v) is 7.24. The van der Waals surface area contributed by atoms with E-state index in [0.717, 1.165) is 25.7 Å². The summed E-state index contributed by atoms with van der Waals surface area (Å²) in [7, 11) is 1.33. The Morgan fingerprint density at radius 2 is 1.70 bits per heavy atom. The molecule has 2 saturated carbocycles. The summed E-state index contributed by atoms with van der Waals surface area (Å²) in [6, 6.07) is 0.603. The number of rotatable bonds is 5. The molecule has 150 valence electrons. The molecule has 2 aliphatic carbocycles. The summed E-state index contributed by atoms with van der Waals surface area (Å²) in [4.78, 5) is 31.8. The Labute approximate surface area is 170 Å². The third-order valence-electron chi connectivity index (χ3n) is 5.60. The number of carbonyl (C=O) groups excluding carboxylic acids is 2. The second-order valence-electron chi connectivity index (χ2n) is 7.41. The van der Waals surface area contributed by atoms with Crippen molar-refractivity contribution in [3.63, 3.8) is 0 Å². The molecule has 0 radical (unpaired) electrons. The summed E-state index contributed by atoms with van der Waals surface area (Å²) in [6.07, 6.45) is 13.3. The smallest absolute Gasteiger partial charge is 0.324 e. The highest BCUT2D eigenvalue weighted by Crippen LogP contribution is 2.33. The molecule has 2 amide bonds. The van der Waals surface area contributed by atoms with Gasteiger partial charge in [0.15, 0.2) is 5.13 Å². The fourth-order valence-electron chi connectivity index (χ4n) is 4.20. The minimum absolute atomic E-state index is 0.0523. The molecule has 0 bridgehead atoms. The number of methoxy groups -OCH3 is 1. The number of esters is 1. The summed E-state index contributed by atoms with van der Waals surface area (Å²) in [5.41, 5.74) is 0. The van der Waals surface area contributed by atoms with Crippen molar-refractivity contribution >= 4 is 41.1 Å². The number of carbonyl (C=O) groups is 2. The fraction of sp³-hybridized carbons (Fsp3) is 0.737. The van der Waals surface area contributed by atoms with Crippen LogP contribution in [-0.4, -0.2) is 41.1 Å². The van der Waals surface area contributed by atoms with Crippen LogP contribution in [0.4, 0.5) is 9.93 Å². The van der Waals surface area contributed by atoms with E-state index < -0.39 is 11.2 Å². The van der Waals surface area contributed by atoms with Crippen LogP contribution in [0.2, 0.25) is 0 Å². The Bertz CT molecular complexity index is 622. The lowest BCUT2D eigenvalue weighted by molar-refractivity contribution is -0.139. The van der Waals surface area contributed by atoms with Crippen molar-refractivity contribution in [3.05, 3.63) is 11.1 Å². The lowest BCUT2D eigenvalue weighted by atomic mass is 9.89. The molecule has 1 atom stereocenters. The van der Waals surface area contributed by atoms with Gasteiger partial charge in [0.1, 0.15) is 5.25 Å². The third kappa shape index (κ3) is 5.16. The number of urea groups is 1. The summed E-state index contributed by atoms with van der Waals surface area (Å²) in [5, 5.41) is 2.81. The van der Waals surface area contributed by atoms with Gasteiger partial charge in [-0.25, -0.2) is 9.78 Å². The molecule has 1 unspecified atom stereocenters. The Balaban J connectivity index is 1.70. The van der Waals surface area contributed by atoms with Gasteiger partial charge in [0.05, 0.1) is 12.0 Å². The summed E-state index contributed by atoms with van der Waals surface area (Å²) in [6.45, 7) is 0. The highest BCUT2D eigenvalue weighted by molar-refractivity contribution is 7.81. The monoisotopic (exact) mass is 411 g/mol. The molecule has 27 heavy (non-hydrogen) atoms. The Morgan fingerprint density at radius 3 is 2.22 bits per heavy atom. The maximum absolute atomic E-state index is 13.2. The molecule has 1 aromatic rings. The van der Waals surface area contributed by atoms with Crippen LogP contribution < -0.4 is 5.32 Å². The Hall–Kier alpha value is -1.28. The van der Waals surface area contributed by atoms with Gasteiger partial charge in [0, 0.05) is 18.3 Å². The molecule has 8 heteroatoms. The van der Waals surface area contributed by atoms with Crippen molar-refractivity contribution in [3.8, 4) is 0 Å². The van der Waals surface area contributed by atoms with Crippen molar-refractivity contribution in [2.45, 2.75) is 81.5 Å². The second kappa shape index (κ2) is 9.78. The van der Waals surface area contributed by atoms with E-state index in [4.69, 9.17) is 4.74 Å². The van der Waals surface area contributed by atoms with Gasteiger partial charge in [0.2, 0.25) is 0 Å². The van der Waals surface area contributed by atoms with Crippen LogP contribution in [0.25, 0.3) is 0 Å². The topological polar surface area (TPSA) is 71.5 Å². The zero-order valence-corrected chi connectivity index (χ0v) is 17.6. The molecule has 1 heterocycles. The molecule has 0 aromatic carbocycles. The Kier molecular flexibility index (Phi) is 7.41. The van der Waals surface area contributed by atoms with Crippen molar-refractivity contribution < 1.29 is 14.3 Å². The lowest BCUT2D eigenvalue weighted by Crippen LogP contribution is -2.50. The van der Waals surface area contributed by atoms with Gasteiger partial charge < -0.3 is 9.64 Å². The number of thiol groups is 1. The van der Waals surface area contributed by atoms with Crippen molar-refractivity contribution in [2.75, 3.05) is 12.4 Å². The van der Waals surface area contributed by atoms with E-state index in [9.17, 15) is 9.59 Å². The SMILES string of the molecule is COC(=O)C(S)c1cnc(NC(=O)N(C2CCCCC2)C2CCCCC2)s1. The van der Waals surface area contributed by atoms with Crippen LogP contribution in [0.5, 0.6) is 0 Å². The summed E-state index contributed by atoms with van der Waals surface area (Å²) >= 11 is 5.55. The van der Waals surface area contributed by atoms with Gasteiger partial charge in [0.25, 0.3) is 0 Å². The number of nitrogens with one attached hydrogen (secondary N) is 1. The number of ether oxygens (including phenoxy) is 1. The first-order valence-electron chi connectivity index (χ1n) is 9.91. The predicted octanol–water partition coefficient (Wildman–Crippen LogP) is 4.79. The number of amides is 2. The van der Waals surface area contributed by atoms with E-state index in [1.165, 1.54) is 57.0 Å². The molecule has 1 aromatic heterocycles. The second-order valence-corrected chi connectivity index (χ2v) is 8.99. The predicted molar refractivity (Wildman–Crippen MR) is 110 cm³/mol. The van der Waals surface area contributed by atoms with Gasteiger partial charge in [-0.15, -0.1) is 0 Å². The van der Waals surface area contributed by atoms with Crippen LogP contribution in [0.3, 0.4) is 0 Å². The number of aromatic nitrogens is 1. The molecule has 2 aliphatic rings. The molecule has 0 aliphatic heterocycles. The fourth-order valence-corrected chi connectivity index (χ4v) is 5.31. The standard InChI is InChI=1S/C19H29N3O3S2/c1-25-17(23)16(26)15-12-20-18(27-15)21-19(24)22(13-8-4-2-5-9-13)14-10-6-3-7-11-14/h12-14,16,26H,2-11H2,1H3,(H,20,21,24). The van der Waals surface area contributed by atoms with Crippen LogP contribution in [0.15, 0.2) is 6.20 Å². The van der Waals surface area contributed by atoms with Crippen LogP contribution in [0.1, 0.15) is 74.3 Å². The summed E-state index contributed by atoms with van der Waals surface area (Å²) in [5.74, 6) is -0.425. The number of anilines is 1. The number of hydrogen-bond acceptors (Lipinski definition) is 6. The molecule has 6 nitrogen and oxygen atoms in total. The first kappa shape index (κ1) is 20.5. The highest BCUT2D eigenvalue weighted by atomic mass is 32.1. The van der Waals surface area contributed by atoms with Gasteiger partial charge in [-0.3, -0.25) is 10.1 Å². The van der Waals surface area contributed by atoms with E-state index in [0.29, 0.717) is 22.1 Å². The number of thiazole rings is 1. The van der Waals surface area contributed by atoms with Crippen LogP contribution >= 0.6 is 24.0 Å². The largest absolute Gasteiger partial charge is 0.468 e. The molecule has 3 rings (SSSR count). The van der Waals surface area contributed by atoms with E-state index in [1.807, 2.05) is 0 Å². The average Bonchev–Trinajstić information content (AvgIpc) is 3.17. The maximum atomic E-state index is 13.2. The Morgan fingerprint density at radius 1 is 1.15 bits per heavy atom. The van der Waals surface area contributed by atoms with Gasteiger partial charge in [-0.2, -0.15) is 12.6 Å². The minimum atomic E-state index is -0.675. The first-order chi connectivity index (χ1) is 13.1. The molecular formula is C19H29N3O3S2. The van der Waals surface area contributed by atoms with E-state index in [-0.39, 0.29) is 6.03 Å². The molecular weight excluding hydrogens is 382 g/mol. The van der Waals surface area contributed by atoms with Gasteiger partial charge in [-0.05, 0) is 25.7 Å². The molecule has 1 N–H and O–H groups in total. The van der Waals surface area contributed by atoms with Crippen molar-refractivity contribution in [2.24, 2.45) is 0 Å². The quantitative estimate of drug-likeness (QED) is 0.540. The number of hydrogen-bond donors (Lipinski definition) is 2. The van der Waals surface area contributed by atoms with Crippen LogP contribution in [-0.2, 0) is 9.53 Å². The summed E-state index contributed by atoms with van der Waals surface area (Å²) < 4.78 is 4.72. The van der Waals surface area contributed by atoms with Crippen molar-refractivity contribution in [1.82, 2.24) is 9.88 Å². The molecule has 0 saturated heterocycles. The normalized spacial score (nSPS) is 20.1. The van der Waals surface area contributed by atoms with Crippen molar-refractivity contribution in [1.29, 1.82) is 0 Å². The van der Waals surface area contributed by atoms with E-state index in [2.05, 4.69) is 27.8 Å². The number of nitrogens with zero attached hydrogens (tertiary/aromatic N) is 2. The van der Waals surface area contributed by atoms with E-state index >= 15 is 0 Å². The zero-order chi connectivity index (χ0) is 19.2. The molecule has 2 fully saturated rings. The maximum Gasteiger partial charge on any atom is 0.324 e. The highest BCUT2D eigenvalue weighted by Gasteiger charge is 2.33. The van der Waals surface area contributed by atoms with Gasteiger partial charge >= 0.3 is 12.0 Å². The molecule has 0 spiro atoms. The van der Waals surface area contributed by atoms with Gasteiger partial charge in [-0.1, -0.05) is 49.9 Å². The van der Waals surface area contributed by atoms with E-state index in [1.54, 1.807) is 6.20 Å². The average molecular weight is 412 g/mol. The minimum Gasteiger partial charge on any atom is -0.468 e. The first-order valence-corrected chi connectivity index (χ1v) is 11.2. The zero-order valence-electron chi connectivity index (χ0n) is 15.9.